The average Bonchev–Trinajstić information content (AvgIpc) is 3.45. The van der Waals surface area contributed by atoms with Crippen LogP contribution in [0, 0.1) is 0 Å². The Morgan fingerprint density at radius 1 is 1.02 bits per heavy atom. The quantitative estimate of drug-likeness (QED) is 0.203. The molecule has 4 aromatic rings. The molecule has 43 heavy (non-hydrogen) atoms. The fourth-order valence-electron chi connectivity index (χ4n) is 5.32. The van der Waals surface area contributed by atoms with Gasteiger partial charge in [0.2, 0.25) is 0 Å². The van der Waals surface area contributed by atoms with E-state index in [4.69, 9.17) is 14.5 Å². The fraction of sp³-hybridized carbons (Fsp3) is 0.400. The van der Waals surface area contributed by atoms with Crippen molar-refractivity contribution in [1.29, 1.82) is 0 Å². The summed E-state index contributed by atoms with van der Waals surface area (Å²) in [5, 5.41) is 14.4. The van der Waals surface area contributed by atoms with E-state index < -0.39 is 17.9 Å². The van der Waals surface area contributed by atoms with Crippen molar-refractivity contribution in [2.45, 2.75) is 77.2 Å². The molecular formula is C35H40N2O5S. The number of carboxylic acids is 1. The van der Waals surface area contributed by atoms with Gasteiger partial charge in [-0.15, -0.1) is 11.3 Å². The second-order valence-electron chi connectivity index (χ2n) is 12.6. The smallest absolute Gasteiger partial charge is 0.326 e. The summed E-state index contributed by atoms with van der Waals surface area (Å²) < 4.78 is 11.8. The molecule has 8 heteroatoms. The van der Waals surface area contributed by atoms with Crippen LogP contribution in [0.5, 0.6) is 11.5 Å². The van der Waals surface area contributed by atoms with E-state index in [0.717, 1.165) is 39.9 Å². The Morgan fingerprint density at radius 3 is 2.35 bits per heavy atom. The van der Waals surface area contributed by atoms with Gasteiger partial charge in [-0.25, -0.2) is 9.78 Å². The van der Waals surface area contributed by atoms with Gasteiger partial charge in [-0.2, -0.15) is 0 Å². The van der Waals surface area contributed by atoms with Gasteiger partial charge in [0.15, 0.2) is 0 Å². The molecule has 0 aliphatic carbocycles. The number of pyridine rings is 1. The van der Waals surface area contributed by atoms with Crippen molar-refractivity contribution in [3.05, 3.63) is 87.4 Å². The van der Waals surface area contributed by atoms with Crippen LogP contribution in [0.4, 0.5) is 0 Å². The van der Waals surface area contributed by atoms with E-state index in [0.29, 0.717) is 24.9 Å². The first kappa shape index (κ1) is 30.7. The number of hydrogen-bond acceptors (Lipinski definition) is 6. The number of thiophene rings is 1. The number of aliphatic carboxylic acids is 1. The summed E-state index contributed by atoms with van der Waals surface area (Å²) in [5.74, 6) is 0.335. The summed E-state index contributed by atoms with van der Waals surface area (Å²) in [6.45, 7) is 12.0. The molecule has 1 atom stereocenters. The molecule has 0 bridgehead atoms. The van der Waals surface area contributed by atoms with E-state index in [1.165, 1.54) is 10.4 Å². The number of rotatable bonds is 9. The van der Waals surface area contributed by atoms with E-state index in [-0.39, 0.29) is 23.4 Å². The summed E-state index contributed by atoms with van der Waals surface area (Å²) in [6.07, 6.45) is 1.80. The largest absolute Gasteiger partial charge is 0.480 e. The minimum atomic E-state index is -1.07. The number of hydrogen-bond donors (Lipinski definition) is 2. The monoisotopic (exact) mass is 600 g/mol. The van der Waals surface area contributed by atoms with Gasteiger partial charge in [-0.05, 0) is 77.6 Å². The number of carbonyl (C=O) groups excluding carboxylic acids is 1. The van der Waals surface area contributed by atoms with Gasteiger partial charge < -0.3 is 19.9 Å². The van der Waals surface area contributed by atoms with Crippen molar-refractivity contribution >= 4 is 34.0 Å². The highest BCUT2D eigenvalue weighted by atomic mass is 32.1. The third kappa shape index (κ3) is 7.43. The van der Waals surface area contributed by atoms with Crippen LogP contribution in [0.2, 0.25) is 0 Å². The Bertz CT molecular complexity index is 1600. The van der Waals surface area contributed by atoms with Gasteiger partial charge in [-0.1, -0.05) is 52.8 Å². The van der Waals surface area contributed by atoms with Crippen molar-refractivity contribution in [3.8, 4) is 11.5 Å². The third-order valence-corrected chi connectivity index (χ3v) is 9.30. The zero-order chi connectivity index (χ0) is 30.7. The molecule has 226 valence electrons. The van der Waals surface area contributed by atoms with Crippen molar-refractivity contribution in [3.63, 3.8) is 0 Å². The van der Waals surface area contributed by atoms with Gasteiger partial charge in [0.1, 0.15) is 23.2 Å². The normalized spacial score (nSPS) is 15.0. The first-order valence-corrected chi connectivity index (χ1v) is 15.7. The molecule has 1 fully saturated rings. The first-order chi connectivity index (χ1) is 20.5. The number of fused-ring (bicyclic) bond motifs is 1. The van der Waals surface area contributed by atoms with E-state index >= 15 is 0 Å². The summed E-state index contributed by atoms with van der Waals surface area (Å²) in [7, 11) is 0. The Labute approximate surface area is 257 Å². The lowest BCUT2D eigenvalue weighted by atomic mass is 9.87. The minimum Gasteiger partial charge on any atom is -0.480 e. The molecule has 1 saturated heterocycles. The number of amides is 1. The van der Waals surface area contributed by atoms with Gasteiger partial charge in [0.25, 0.3) is 5.91 Å². The summed E-state index contributed by atoms with van der Waals surface area (Å²) in [5.41, 5.74) is 2.31. The van der Waals surface area contributed by atoms with Gasteiger partial charge in [0.05, 0.1) is 5.69 Å². The van der Waals surface area contributed by atoms with E-state index in [1.54, 1.807) is 17.4 Å². The lowest BCUT2D eigenvalue weighted by Crippen LogP contribution is -2.42. The topological polar surface area (TPSA) is 97.8 Å². The number of ether oxygens (including phenoxy) is 2. The maximum atomic E-state index is 13.5. The number of carbonyl (C=O) groups is 2. The number of aromatic nitrogens is 1. The molecule has 2 aromatic heterocycles. The predicted octanol–water partition coefficient (Wildman–Crippen LogP) is 7.83. The molecule has 2 N–H and O–H groups in total. The van der Waals surface area contributed by atoms with Crippen LogP contribution < -0.4 is 10.1 Å². The molecule has 5 rings (SSSR count). The van der Waals surface area contributed by atoms with Crippen LogP contribution in [-0.4, -0.2) is 41.2 Å². The first-order valence-electron chi connectivity index (χ1n) is 14.9. The van der Waals surface area contributed by atoms with Gasteiger partial charge >= 0.3 is 5.97 Å². The average molecular weight is 601 g/mol. The van der Waals surface area contributed by atoms with Crippen molar-refractivity contribution in [2.75, 3.05) is 13.2 Å². The fourth-order valence-corrected chi connectivity index (χ4v) is 6.38. The highest BCUT2D eigenvalue weighted by Gasteiger charge is 2.26. The SMILES string of the molecule is CC(C)c1ccc(CC(NC(=O)c2cc3ccc(Oc4ccc(C(C)(C)C)cc4)cc3c(C3CCOCC3)n2)C(=O)O)s1. The molecule has 2 aromatic carbocycles. The second kappa shape index (κ2) is 12.9. The maximum absolute atomic E-state index is 13.5. The number of nitrogens with one attached hydrogen (secondary N) is 1. The van der Waals surface area contributed by atoms with Gasteiger partial charge in [-0.3, -0.25) is 4.79 Å². The van der Waals surface area contributed by atoms with Crippen molar-refractivity contribution in [1.82, 2.24) is 10.3 Å². The molecule has 1 unspecified atom stereocenters. The van der Waals surface area contributed by atoms with Crippen LogP contribution in [0.3, 0.4) is 0 Å². The molecular weight excluding hydrogens is 560 g/mol. The number of carboxylic acid groups (broad SMARTS) is 1. The highest BCUT2D eigenvalue weighted by Crippen LogP contribution is 2.35. The van der Waals surface area contributed by atoms with Gasteiger partial charge in [0, 0.05) is 40.7 Å². The molecule has 1 aliphatic heterocycles. The molecule has 1 amide bonds. The molecule has 0 saturated carbocycles. The minimum absolute atomic E-state index is 0.0570. The Hall–Kier alpha value is -3.75. The molecule has 0 spiro atoms. The van der Waals surface area contributed by atoms with Crippen LogP contribution >= 0.6 is 11.3 Å². The highest BCUT2D eigenvalue weighted by molar-refractivity contribution is 7.12. The van der Waals surface area contributed by atoms with E-state index in [1.807, 2.05) is 42.5 Å². The van der Waals surface area contributed by atoms with E-state index in [9.17, 15) is 14.7 Å². The molecule has 7 nitrogen and oxygen atoms in total. The second-order valence-corrected chi connectivity index (χ2v) is 13.8. The van der Waals surface area contributed by atoms with Crippen LogP contribution in [-0.2, 0) is 21.4 Å². The Balaban J connectivity index is 1.42. The predicted molar refractivity (Wildman–Crippen MR) is 171 cm³/mol. The third-order valence-electron chi connectivity index (χ3n) is 7.89. The number of benzene rings is 2. The zero-order valence-electron chi connectivity index (χ0n) is 25.5. The standard InChI is InChI=1S/C35H40N2O5S/c1-21(2)31-13-12-27(43-31)20-30(34(39)40)37-33(38)29-18-23-6-9-26(42-25-10-7-24(8-11-25)35(3,4)5)19-28(23)32(36-29)22-14-16-41-17-15-22/h6-13,18-19,21-22,30H,14-17,20H2,1-5H3,(H,37,38)(H,39,40). The maximum Gasteiger partial charge on any atom is 0.326 e. The van der Waals surface area contributed by atoms with Crippen LogP contribution in [0.25, 0.3) is 10.8 Å². The van der Waals surface area contributed by atoms with Crippen LogP contribution in [0.1, 0.15) is 90.8 Å². The Kier molecular flexibility index (Phi) is 9.18. The molecule has 1 aliphatic rings. The lowest BCUT2D eigenvalue weighted by molar-refractivity contribution is -0.139. The Morgan fingerprint density at radius 2 is 1.72 bits per heavy atom. The van der Waals surface area contributed by atoms with E-state index in [2.05, 4.69) is 52.1 Å². The number of nitrogens with zero attached hydrogens (tertiary/aromatic N) is 1. The van der Waals surface area contributed by atoms with Crippen molar-refractivity contribution < 1.29 is 24.2 Å². The lowest BCUT2D eigenvalue weighted by Gasteiger charge is -2.24. The summed E-state index contributed by atoms with van der Waals surface area (Å²) >= 11 is 1.58. The molecule has 0 radical (unpaired) electrons. The zero-order valence-corrected chi connectivity index (χ0v) is 26.3. The summed E-state index contributed by atoms with van der Waals surface area (Å²) in [6, 6.07) is 18.6. The summed E-state index contributed by atoms with van der Waals surface area (Å²) in [4.78, 5) is 32.6. The molecule has 3 heterocycles. The van der Waals surface area contributed by atoms with Crippen molar-refractivity contribution in [2.24, 2.45) is 0 Å². The van der Waals surface area contributed by atoms with Crippen LogP contribution in [0.15, 0.2) is 60.7 Å².